The van der Waals surface area contributed by atoms with Gasteiger partial charge in [-0.2, -0.15) is 10.1 Å². The van der Waals surface area contributed by atoms with Gasteiger partial charge in [-0.3, -0.25) is 9.59 Å². The second-order valence-electron chi connectivity index (χ2n) is 6.27. The normalized spacial score (nSPS) is 10.8. The Morgan fingerprint density at radius 1 is 1.19 bits per heavy atom. The maximum absolute atomic E-state index is 12.1. The van der Waals surface area contributed by atoms with Crippen LogP contribution in [0.25, 0.3) is 5.78 Å². The summed E-state index contributed by atoms with van der Waals surface area (Å²) in [5, 5.41) is 6.84. The first-order chi connectivity index (χ1) is 13.0. The highest BCUT2D eigenvalue weighted by Gasteiger charge is 2.16. The molecule has 0 saturated carbocycles. The molecule has 0 spiro atoms. The van der Waals surface area contributed by atoms with Crippen LogP contribution in [0.4, 0.5) is 0 Å². The summed E-state index contributed by atoms with van der Waals surface area (Å²) >= 11 is 0. The van der Waals surface area contributed by atoms with E-state index in [-0.39, 0.29) is 18.9 Å². The lowest BCUT2D eigenvalue weighted by Crippen LogP contribution is -2.29. The van der Waals surface area contributed by atoms with Crippen LogP contribution in [0.3, 0.4) is 0 Å². The fourth-order valence-corrected chi connectivity index (χ4v) is 2.81. The van der Waals surface area contributed by atoms with E-state index in [1.807, 2.05) is 38.1 Å². The second-order valence-corrected chi connectivity index (χ2v) is 6.27. The van der Waals surface area contributed by atoms with Gasteiger partial charge < -0.3 is 10.1 Å². The highest BCUT2D eigenvalue weighted by molar-refractivity contribution is 5.81. The number of amides is 1. The third-order valence-corrected chi connectivity index (χ3v) is 4.41. The van der Waals surface area contributed by atoms with Crippen molar-refractivity contribution < 1.29 is 14.3 Å². The highest BCUT2D eigenvalue weighted by Crippen LogP contribution is 2.14. The van der Waals surface area contributed by atoms with E-state index in [2.05, 4.69) is 20.4 Å². The molecule has 27 heavy (non-hydrogen) atoms. The molecule has 2 aromatic heterocycles. The molecule has 140 valence electrons. The minimum Gasteiger partial charge on any atom is -0.455 e. The Kier molecular flexibility index (Phi) is 5.44. The average Bonchev–Trinajstić information content (AvgIpc) is 3.11. The van der Waals surface area contributed by atoms with Gasteiger partial charge >= 0.3 is 5.97 Å². The lowest BCUT2D eigenvalue weighted by Gasteiger charge is -2.11. The van der Waals surface area contributed by atoms with Gasteiger partial charge in [0.1, 0.15) is 6.33 Å². The standard InChI is InChI=1S/C19H21N5O3/c1-12-6-4-5-7-15(12)9-20-17(25)10-27-18(26)8-16-13(2)23-19-21-11-22-24(19)14(16)3/h4-7,11H,8-10H2,1-3H3,(H,20,25). The number of carbonyl (C=O) groups is 2. The molecule has 1 N–H and O–H groups in total. The second kappa shape index (κ2) is 7.94. The van der Waals surface area contributed by atoms with Gasteiger partial charge in [0.15, 0.2) is 6.61 Å². The topological polar surface area (TPSA) is 98.5 Å². The fourth-order valence-electron chi connectivity index (χ4n) is 2.81. The van der Waals surface area contributed by atoms with Crippen molar-refractivity contribution in [2.24, 2.45) is 0 Å². The molecular formula is C19H21N5O3. The summed E-state index contributed by atoms with van der Waals surface area (Å²) in [6.07, 6.45) is 1.43. The van der Waals surface area contributed by atoms with E-state index in [1.165, 1.54) is 6.33 Å². The smallest absolute Gasteiger partial charge is 0.310 e. The van der Waals surface area contributed by atoms with Crippen LogP contribution in [0, 0.1) is 20.8 Å². The van der Waals surface area contributed by atoms with Gasteiger partial charge in [-0.25, -0.2) is 9.50 Å². The Bertz CT molecular complexity index is 996. The molecule has 0 atom stereocenters. The van der Waals surface area contributed by atoms with Crippen LogP contribution < -0.4 is 5.32 Å². The summed E-state index contributed by atoms with van der Waals surface area (Å²) in [5.74, 6) is -0.351. The van der Waals surface area contributed by atoms with Crippen LogP contribution in [0.1, 0.15) is 28.1 Å². The van der Waals surface area contributed by atoms with Gasteiger partial charge in [-0.1, -0.05) is 24.3 Å². The fraction of sp³-hybridized carbons (Fsp3) is 0.316. The van der Waals surface area contributed by atoms with Gasteiger partial charge in [0.05, 0.1) is 6.42 Å². The highest BCUT2D eigenvalue weighted by atomic mass is 16.5. The zero-order chi connectivity index (χ0) is 19.4. The van der Waals surface area contributed by atoms with E-state index < -0.39 is 5.97 Å². The maximum atomic E-state index is 12.1. The van der Waals surface area contributed by atoms with Crippen LogP contribution >= 0.6 is 0 Å². The lowest BCUT2D eigenvalue weighted by atomic mass is 10.1. The van der Waals surface area contributed by atoms with Crippen molar-refractivity contribution in [2.75, 3.05) is 6.61 Å². The number of esters is 1. The molecule has 3 aromatic rings. The first kappa shape index (κ1) is 18.5. The molecule has 0 radical (unpaired) electrons. The Labute approximate surface area is 156 Å². The largest absolute Gasteiger partial charge is 0.455 e. The molecular weight excluding hydrogens is 346 g/mol. The van der Waals surface area contributed by atoms with Gasteiger partial charge in [-0.15, -0.1) is 0 Å². The predicted molar refractivity (Wildman–Crippen MR) is 97.9 cm³/mol. The number of hydrogen-bond donors (Lipinski definition) is 1. The molecule has 8 heteroatoms. The van der Waals surface area contributed by atoms with Crippen molar-refractivity contribution in [3.05, 3.63) is 58.7 Å². The zero-order valence-electron chi connectivity index (χ0n) is 15.5. The molecule has 1 amide bonds. The molecule has 8 nitrogen and oxygen atoms in total. The lowest BCUT2D eigenvalue weighted by molar-refractivity contribution is -0.147. The Morgan fingerprint density at radius 3 is 2.74 bits per heavy atom. The van der Waals surface area contributed by atoms with Crippen molar-refractivity contribution in [2.45, 2.75) is 33.7 Å². The van der Waals surface area contributed by atoms with Crippen molar-refractivity contribution in [3.63, 3.8) is 0 Å². The first-order valence-corrected chi connectivity index (χ1v) is 8.58. The third kappa shape index (κ3) is 4.28. The number of nitrogens with zero attached hydrogens (tertiary/aromatic N) is 4. The van der Waals surface area contributed by atoms with E-state index in [0.717, 1.165) is 22.4 Å². The Hall–Kier alpha value is -3.29. The van der Waals surface area contributed by atoms with Gasteiger partial charge in [0.2, 0.25) is 0 Å². The molecule has 0 aliphatic heterocycles. The van der Waals surface area contributed by atoms with Crippen LogP contribution in [0.2, 0.25) is 0 Å². The van der Waals surface area contributed by atoms with E-state index in [4.69, 9.17) is 4.74 Å². The van der Waals surface area contributed by atoms with E-state index >= 15 is 0 Å². The number of benzene rings is 1. The number of fused-ring (bicyclic) bond motifs is 1. The summed E-state index contributed by atoms with van der Waals surface area (Å²) in [7, 11) is 0. The first-order valence-electron chi connectivity index (χ1n) is 8.58. The number of aryl methyl sites for hydroxylation is 3. The zero-order valence-corrected chi connectivity index (χ0v) is 15.5. The summed E-state index contributed by atoms with van der Waals surface area (Å²) in [5.41, 5.74) is 4.30. The van der Waals surface area contributed by atoms with Gasteiger partial charge in [-0.05, 0) is 31.9 Å². The van der Waals surface area contributed by atoms with Gasteiger partial charge in [0, 0.05) is 23.5 Å². The van der Waals surface area contributed by atoms with Gasteiger partial charge in [0.25, 0.3) is 11.7 Å². The number of nitrogens with one attached hydrogen (secondary N) is 1. The minimum atomic E-state index is -0.492. The predicted octanol–water partition coefficient (Wildman–Crippen LogP) is 1.45. The van der Waals surface area contributed by atoms with E-state index in [1.54, 1.807) is 11.4 Å². The molecule has 0 fully saturated rings. The van der Waals surface area contributed by atoms with Crippen molar-refractivity contribution in [1.82, 2.24) is 24.9 Å². The van der Waals surface area contributed by atoms with Crippen LogP contribution in [0.5, 0.6) is 0 Å². The van der Waals surface area contributed by atoms with Crippen molar-refractivity contribution in [1.29, 1.82) is 0 Å². The molecule has 2 heterocycles. The SMILES string of the molecule is Cc1ccccc1CNC(=O)COC(=O)Cc1c(C)nc2ncnn2c1C. The quantitative estimate of drug-likeness (QED) is 0.662. The molecule has 0 aliphatic carbocycles. The Morgan fingerprint density at radius 2 is 1.96 bits per heavy atom. The summed E-state index contributed by atoms with van der Waals surface area (Å²) in [6, 6.07) is 7.78. The molecule has 0 saturated heterocycles. The van der Waals surface area contributed by atoms with E-state index in [9.17, 15) is 9.59 Å². The summed E-state index contributed by atoms with van der Waals surface area (Å²) in [4.78, 5) is 32.4. The Balaban J connectivity index is 1.54. The minimum absolute atomic E-state index is 0.0194. The summed E-state index contributed by atoms with van der Waals surface area (Å²) in [6.45, 7) is 5.70. The van der Waals surface area contributed by atoms with Crippen molar-refractivity contribution >= 4 is 17.7 Å². The molecule has 3 rings (SSSR count). The number of carbonyl (C=O) groups excluding carboxylic acids is 2. The monoisotopic (exact) mass is 367 g/mol. The third-order valence-electron chi connectivity index (χ3n) is 4.41. The summed E-state index contributed by atoms with van der Waals surface area (Å²) < 4.78 is 6.68. The van der Waals surface area contributed by atoms with Crippen molar-refractivity contribution in [3.8, 4) is 0 Å². The maximum Gasteiger partial charge on any atom is 0.310 e. The molecule has 0 aliphatic rings. The van der Waals surface area contributed by atoms with Crippen LogP contribution in [0.15, 0.2) is 30.6 Å². The number of aromatic nitrogens is 4. The molecule has 1 aromatic carbocycles. The molecule has 0 unspecified atom stereocenters. The molecule has 0 bridgehead atoms. The van der Waals surface area contributed by atoms with E-state index in [0.29, 0.717) is 18.0 Å². The number of ether oxygens (including phenoxy) is 1. The number of rotatable bonds is 6. The average molecular weight is 367 g/mol. The number of hydrogen-bond acceptors (Lipinski definition) is 6. The van der Waals surface area contributed by atoms with Crippen LogP contribution in [-0.2, 0) is 27.3 Å². The van der Waals surface area contributed by atoms with Crippen LogP contribution in [-0.4, -0.2) is 38.1 Å².